The lowest BCUT2D eigenvalue weighted by Crippen LogP contribution is -2.35. The van der Waals surface area contributed by atoms with Gasteiger partial charge in [0.05, 0.1) is 0 Å². The van der Waals surface area contributed by atoms with Gasteiger partial charge in [-0.3, -0.25) is 4.98 Å². The van der Waals surface area contributed by atoms with E-state index in [2.05, 4.69) is 73.4 Å². The van der Waals surface area contributed by atoms with Crippen molar-refractivity contribution in [3.05, 3.63) is 59.9 Å². The highest BCUT2D eigenvalue weighted by molar-refractivity contribution is 5.53. The zero-order valence-corrected chi connectivity index (χ0v) is 13.4. The van der Waals surface area contributed by atoms with Crippen LogP contribution in [-0.2, 0) is 13.1 Å². The molecule has 0 spiro atoms. The second-order valence-corrected chi connectivity index (χ2v) is 6.45. The van der Waals surface area contributed by atoms with Gasteiger partial charge in [0.25, 0.3) is 0 Å². The zero-order valence-electron chi connectivity index (χ0n) is 13.4. The Morgan fingerprint density at radius 2 is 1.86 bits per heavy atom. The first-order valence-electron chi connectivity index (χ1n) is 7.39. The van der Waals surface area contributed by atoms with Crippen LogP contribution in [0.2, 0.25) is 0 Å². The second-order valence-electron chi connectivity index (χ2n) is 6.45. The van der Waals surface area contributed by atoms with E-state index in [1.165, 1.54) is 16.8 Å². The Labute approximate surface area is 128 Å². The summed E-state index contributed by atoms with van der Waals surface area (Å²) < 4.78 is 0. The summed E-state index contributed by atoms with van der Waals surface area (Å²) in [5.41, 5.74) is 3.92. The molecule has 2 rings (SSSR count). The van der Waals surface area contributed by atoms with E-state index in [1.807, 2.05) is 18.5 Å². The largest absolute Gasteiger partial charge is 0.370 e. The third kappa shape index (κ3) is 4.87. The minimum absolute atomic E-state index is 0.120. The van der Waals surface area contributed by atoms with Crippen molar-refractivity contribution in [3.8, 4) is 0 Å². The summed E-state index contributed by atoms with van der Waals surface area (Å²) in [7, 11) is 2.13. The van der Waals surface area contributed by atoms with Crippen LogP contribution in [0.5, 0.6) is 0 Å². The summed E-state index contributed by atoms with van der Waals surface area (Å²) >= 11 is 0. The van der Waals surface area contributed by atoms with Crippen molar-refractivity contribution in [2.75, 3.05) is 11.9 Å². The molecule has 0 saturated heterocycles. The minimum atomic E-state index is 0.120. The van der Waals surface area contributed by atoms with E-state index >= 15 is 0 Å². The number of pyridine rings is 1. The van der Waals surface area contributed by atoms with Gasteiger partial charge in [-0.15, -0.1) is 0 Å². The van der Waals surface area contributed by atoms with Gasteiger partial charge >= 0.3 is 0 Å². The third-order valence-corrected chi connectivity index (χ3v) is 3.35. The fourth-order valence-electron chi connectivity index (χ4n) is 2.24. The van der Waals surface area contributed by atoms with Crippen molar-refractivity contribution >= 4 is 5.69 Å². The van der Waals surface area contributed by atoms with E-state index < -0.39 is 0 Å². The van der Waals surface area contributed by atoms with Gasteiger partial charge in [0.1, 0.15) is 0 Å². The first kappa shape index (κ1) is 15.5. The van der Waals surface area contributed by atoms with Crippen LogP contribution in [0.3, 0.4) is 0 Å². The molecule has 0 aliphatic heterocycles. The minimum Gasteiger partial charge on any atom is -0.370 e. The SMILES string of the molecule is CN(Cc1cccnc1)c1ccccc1CNC(C)(C)C. The summed E-state index contributed by atoms with van der Waals surface area (Å²) in [4.78, 5) is 6.46. The lowest BCUT2D eigenvalue weighted by atomic mass is 10.1. The topological polar surface area (TPSA) is 28.2 Å². The molecule has 3 heteroatoms. The molecule has 1 aromatic carbocycles. The molecule has 0 aliphatic rings. The maximum Gasteiger partial charge on any atom is 0.0441 e. The number of anilines is 1. The van der Waals surface area contributed by atoms with Gasteiger partial charge in [-0.1, -0.05) is 24.3 Å². The molecule has 2 aromatic rings. The Kier molecular flexibility index (Phi) is 4.97. The predicted molar refractivity (Wildman–Crippen MR) is 89.4 cm³/mol. The van der Waals surface area contributed by atoms with Crippen LogP contribution in [0.15, 0.2) is 48.8 Å². The van der Waals surface area contributed by atoms with Crippen LogP contribution in [-0.4, -0.2) is 17.6 Å². The van der Waals surface area contributed by atoms with Crippen LogP contribution < -0.4 is 10.2 Å². The van der Waals surface area contributed by atoms with Crippen LogP contribution in [0.25, 0.3) is 0 Å². The predicted octanol–water partition coefficient (Wildman–Crippen LogP) is 3.61. The van der Waals surface area contributed by atoms with Crippen molar-refractivity contribution in [2.45, 2.75) is 39.4 Å². The van der Waals surface area contributed by atoms with E-state index in [9.17, 15) is 0 Å². The van der Waals surface area contributed by atoms with Gasteiger partial charge in [0.2, 0.25) is 0 Å². The molecule has 1 aromatic heterocycles. The standard InChI is InChI=1S/C18H25N3/c1-18(2,3)20-13-16-9-5-6-10-17(16)21(4)14-15-8-7-11-19-12-15/h5-12,20H,13-14H2,1-4H3. The zero-order chi connectivity index (χ0) is 15.3. The Balaban J connectivity index is 2.11. The van der Waals surface area contributed by atoms with E-state index in [0.29, 0.717) is 0 Å². The monoisotopic (exact) mass is 283 g/mol. The number of nitrogens with one attached hydrogen (secondary N) is 1. The Morgan fingerprint density at radius 1 is 1.10 bits per heavy atom. The second kappa shape index (κ2) is 6.72. The number of hydrogen-bond acceptors (Lipinski definition) is 3. The summed E-state index contributed by atoms with van der Waals surface area (Å²) in [5.74, 6) is 0. The molecule has 21 heavy (non-hydrogen) atoms. The fourth-order valence-corrected chi connectivity index (χ4v) is 2.24. The van der Waals surface area contributed by atoms with Gasteiger partial charge in [-0.25, -0.2) is 0 Å². The average molecular weight is 283 g/mol. The third-order valence-electron chi connectivity index (χ3n) is 3.35. The molecule has 1 N–H and O–H groups in total. The van der Waals surface area contributed by atoms with Crippen molar-refractivity contribution < 1.29 is 0 Å². The van der Waals surface area contributed by atoms with Crippen LogP contribution in [0.1, 0.15) is 31.9 Å². The molecular weight excluding hydrogens is 258 g/mol. The van der Waals surface area contributed by atoms with Crippen molar-refractivity contribution in [2.24, 2.45) is 0 Å². The summed E-state index contributed by atoms with van der Waals surface area (Å²) in [6.07, 6.45) is 3.73. The van der Waals surface area contributed by atoms with Gasteiger partial charge in [0, 0.05) is 43.8 Å². The van der Waals surface area contributed by atoms with Crippen molar-refractivity contribution in [1.82, 2.24) is 10.3 Å². The highest BCUT2D eigenvalue weighted by atomic mass is 15.1. The Bertz CT molecular complexity index is 558. The molecular formula is C18H25N3. The van der Waals surface area contributed by atoms with Gasteiger partial charge in [-0.05, 0) is 44.0 Å². The molecule has 0 bridgehead atoms. The van der Waals surface area contributed by atoms with E-state index in [-0.39, 0.29) is 5.54 Å². The van der Waals surface area contributed by atoms with Crippen molar-refractivity contribution in [3.63, 3.8) is 0 Å². The Hall–Kier alpha value is -1.87. The first-order chi connectivity index (χ1) is 9.96. The van der Waals surface area contributed by atoms with E-state index in [0.717, 1.165) is 13.1 Å². The van der Waals surface area contributed by atoms with Gasteiger partial charge < -0.3 is 10.2 Å². The van der Waals surface area contributed by atoms with Gasteiger partial charge in [0.15, 0.2) is 0 Å². The summed E-state index contributed by atoms with van der Waals surface area (Å²) in [5, 5.41) is 3.56. The smallest absolute Gasteiger partial charge is 0.0441 e. The normalized spacial score (nSPS) is 11.4. The molecule has 0 aliphatic carbocycles. The molecule has 3 nitrogen and oxygen atoms in total. The molecule has 0 atom stereocenters. The molecule has 0 unspecified atom stereocenters. The molecule has 0 amide bonds. The van der Waals surface area contributed by atoms with E-state index in [4.69, 9.17) is 0 Å². The van der Waals surface area contributed by atoms with Crippen molar-refractivity contribution in [1.29, 1.82) is 0 Å². The van der Waals surface area contributed by atoms with Gasteiger partial charge in [-0.2, -0.15) is 0 Å². The number of para-hydroxylation sites is 1. The van der Waals surface area contributed by atoms with Crippen LogP contribution in [0.4, 0.5) is 5.69 Å². The number of rotatable bonds is 5. The fraction of sp³-hybridized carbons (Fsp3) is 0.389. The van der Waals surface area contributed by atoms with Crippen LogP contribution in [0, 0.1) is 0 Å². The summed E-state index contributed by atoms with van der Waals surface area (Å²) in [6.45, 7) is 8.30. The first-order valence-corrected chi connectivity index (χ1v) is 7.39. The maximum atomic E-state index is 4.18. The number of hydrogen-bond donors (Lipinski definition) is 1. The van der Waals surface area contributed by atoms with Crippen LogP contribution >= 0.6 is 0 Å². The molecule has 0 radical (unpaired) electrons. The molecule has 112 valence electrons. The number of benzene rings is 1. The number of nitrogens with zero attached hydrogens (tertiary/aromatic N) is 2. The molecule has 0 saturated carbocycles. The average Bonchev–Trinajstić information content (AvgIpc) is 2.46. The van der Waals surface area contributed by atoms with E-state index in [1.54, 1.807) is 0 Å². The number of aromatic nitrogens is 1. The lowest BCUT2D eigenvalue weighted by Gasteiger charge is -2.25. The highest BCUT2D eigenvalue weighted by Crippen LogP contribution is 2.21. The summed E-state index contributed by atoms with van der Waals surface area (Å²) in [6, 6.07) is 12.6. The maximum absolute atomic E-state index is 4.18. The lowest BCUT2D eigenvalue weighted by molar-refractivity contribution is 0.424. The Morgan fingerprint density at radius 3 is 2.52 bits per heavy atom. The molecule has 0 fully saturated rings. The molecule has 1 heterocycles. The quantitative estimate of drug-likeness (QED) is 0.908. The highest BCUT2D eigenvalue weighted by Gasteiger charge is 2.12.